The molecule has 76 valence electrons. The van der Waals surface area contributed by atoms with E-state index in [9.17, 15) is 9.59 Å². The molecule has 0 saturated carbocycles. The maximum Gasteiger partial charge on any atom is 0.302 e. The maximum absolute atomic E-state index is 9.93. The van der Waals surface area contributed by atoms with Crippen LogP contribution >= 0.6 is 0 Å². The van der Waals surface area contributed by atoms with Crippen molar-refractivity contribution in [2.45, 2.75) is 20.8 Å². The van der Waals surface area contributed by atoms with Crippen LogP contribution in [0.1, 0.15) is 20.8 Å². The molecule has 0 aromatic rings. The largest absolute Gasteiger partial charge is 0.466 e. The van der Waals surface area contributed by atoms with Gasteiger partial charge in [0, 0.05) is 13.8 Å². The monoisotopic (exact) mass is 188 g/mol. The van der Waals surface area contributed by atoms with E-state index in [-0.39, 0.29) is 11.9 Å². The number of carbonyl (C=O) groups excluding carboxylic acids is 2. The second-order valence-corrected chi connectivity index (χ2v) is 2.02. The molecule has 0 amide bonds. The normalized spacial score (nSPS) is 7.62. The van der Waals surface area contributed by atoms with Crippen molar-refractivity contribution in [1.82, 2.24) is 0 Å². The number of hydrogen-bond donors (Lipinski definition) is 0. The molecule has 0 saturated heterocycles. The first-order valence-electron chi connectivity index (χ1n) is 3.92. The predicted molar refractivity (Wildman–Crippen MR) is 49.1 cm³/mol. The first-order valence-corrected chi connectivity index (χ1v) is 3.92. The first-order chi connectivity index (χ1) is 6.04. The van der Waals surface area contributed by atoms with Gasteiger partial charge in [0.1, 0.15) is 6.61 Å². The Labute approximate surface area is 78.5 Å². The Balaban J connectivity index is 0. The molecular weight excluding hydrogens is 172 g/mol. The molecule has 0 spiro atoms. The van der Waals surface area contributed by atoms with Crippen molar-refractivity contribution in [2.75, 3.05) is 13.2 Å². The summed E-state index contributed by atoms with van der Waals surface area (Å²) in [5.41, 5.74) is 0. The van der Waals surface area contributed by atoms with E-state index in [1.807, 2.05) is 0 Å². The van der Waals surface area contributed by atoms with Crippen molar-refractivity contribution in [2.24, 2.45) is 0 Å². The Kier molecular flexibility index (Phi) is 11.7. The average molecular weight is 188 g/mol. The van der Waals surface area contributed by atoms with Crippen LogP contribution in [0.15, 0.2) is 12.7 Å². The lowest BCUT2D eigenvalue weighted by Gasteiger charge is -1.90. The van der Waals surface area contributed by atoms with E-state index < -0.39 is 0 Å². The van der Waals surface area contributed by atoms with Gasteiger partial charge in [-0.25, -0.2) is 0 Å². The molecule has 0 unspecified atom stereocenters. The Morgan fingerprint density at radius 2 is 1.69 bits per heavy atom. The van der Waals surface area contributed by atoms with E-state index in [1.165, 1.54) is 19.9 Å². The zero-order valence-corrected chi connectivity index (χ0v) is 8.33. The number of carbonyl (C=O) groups is 2. The molecule has 4 heteroatoms. The Morgan fingerprint density at radius 3 is 1.77 bits per heavy atom. The van der Waals surface area contributed by atoms with Crippen LogP contribution in [0, 0.1) is 0 Å². The zero-order chi connectivity index (χ0) is 10.7. The van der Waals surface area contributed by atoms with Crippen molar-refractivity contribution in [3.8, 4) is 0 Å². The van der Waals surface area contributed by atoms with Gasteiger partial charge in [0.15, 0.2) is 0 Å². The summed E-state index contributed by atoms with van der Waals surface area (Å²) in [5.74, 6) is -0.475. The summed E-state index contributed by atoms with van der Waals surface area (Å²) >= 11 is 0. The highest BCUT2D eigenvalue weighted by molar-refractivity contribution is 5.66. The van der Waals surface area contributed by atoms with Crippen LogP contribution < -0.4 is 0 Å². The molecule has 0 rings (SSSR count). The quantitative estimate of drug-likeness (QED) is 0.495. The van der Waals surface area contributed by atoms with Crippen molar-refractivity contribution in [3.63, 3.8) is 0 Å². The molecule has 4 nitrogen and oxygen atoms in total. The Morgan fingerprint density at radius 1 is 1.23 bits per heavy atom. The summed E-state index contributed by atoms with van der Waals surface area (Å²) in [5, 5.41) is 0. The lowest BCUT2D eigenvalue weighted by atomic mass is 10.7. The van der Waals surface area contributed by atoms with Gasteiger partial charge in [-0.3, -0.25) is 9.59 Å². The second-order valence-electron chi connectivity index (χ2n) is 2.02. The van der Waals surface area contributed by atoms with Gasteiger partial charge in [0.05, 0.1) is 6.61 Å². The predicted octanol–water partition coefficient (Wildman–Crippen LogP) is 1.30. The summed E-state index contributed by atoms with van der Waals surface area (Å²) in [6.07, 6.45) is 1.53. The molecule has 0 aliphatic heterocycles. The Bertz CT molecular complexity index is 163. The molecule has 0 aliphatic carbocycles. The minimum Gasteiger partial charge on any atom is -0.466 e. The number of hydrogen-bond acceptors (Lipinski definition) is 4. The molecule has 0 aliphatic rings. The second kappa shape index (κ2) is 10.7. The fraction of sp³-hybridized carbons (Fsp3) is 0.556. The lowest BCUT2D eigenvalue weighted by molar-refractivity contribution is -0.141. The Hall–Kier alpha value is -1.32. The summed E-state index contributed by atoms with van der Waals surface area (Å²) in [6, 6.07) is 0. The van der Waals surface area contributed by atoms with E-state index in [1.54, 1.807) is 6.92 Å². The summed E-state index contributed by atoms with van der Waals surface area (Å²) in [4.78, 5) is 19.8. The van der Waals surface area contributed by atoms with Crippen molar-refractivity contribution in [3.05, 3.63) is 12.7 Å². The van der Waals surface area contributed by atoms with Crippen LogP contribution in [-0.4, -0.2) is 25.2 Å². The molecule has 0 N–H and O–H groups in total. The standard InChI is InChI=1S/C5H8O2.C4H8O2/c1-3-4-7-5(2)6;1-3-6-4(2)5/h3H,1,4H2,2H3;3H2,1-2H3. The van der Waals surface area contributed by atoms with E-state index in [0.717, 1.165) is 0 Å². The van der Waals surface area contributed by atoms with Crippen molar-refractivity contribution < 1.29 is 19.1 Å². The summed E-state index contributed by atoms with van der Waals surface area (Å²) in [7, 11) is 0. The smallest absolute Gasteiger partial charge is 0.302 e. The van der Waals surface area contributed by atoms with Crippen LogP contribution in [-0.2, 0) is 19.1 Å². The van der Waals surface area contributed by atoms with Crippen LogP contribution in [0.3, 0.4) is 0 Å². The highest BCUT2D eigenvalue weighted by Crippen LogP contribution is 1.73. The average Bonchev–Trinajstić information content (AvgIpc) is 2.01. The fourth-order valence-corrected chi connectivity index (χ4v) is 0.380. The van der Waals surface area contributed by atoms with Gasteiger partial charge < -0.3 is 9.47 Å². The highest BCUT2D eigenvalue weighted by Gasteiger charge is 1.83. The van der Waals surface area contributed by atoms with Crippen LogP contribution in [0.2, 0.25) is 0 Å². The van der Waals surface area contributed by atoms with Crippen LogP contribution in [0.25, 0.3) is 0 Å². The van der Waals surface area contributed by atoms with Crippen LogP contribution in [0.5, 0.6) is 0 Å². The van der Waals surface area contributed by atoms with Crippen molar-refractivity contribution in [1.29, 1.82) is 0 Å². The third-order valence-electron chi connectivity index (χ3n) is 0.752. The highest BCUT2D eigenvalue weighted by atomic mass is 16.5. The van der Waals surface area contributed by atoms with Gasteiger partial charge in [-0.1, -0.05) is 12.7 Å². The minimum atomic E-state index is -0.264. The third-order valence-corrected chi connectivity index (χ3v) is 0.752. The molecule has 0 bridgehead atoms. The number of esters is 2. The van der Waals surface area contributed by atoms with E-state index in [4.69, 9.17) is 0 Å². The van der Waals surface area contributed by atoms with Gasteiger partial charge >= 0.3 is 11.9 Å². The molecule has 0 radical (unpaired) electrons. The van der Waals surface area contributed by atoms with Crippen LogP contribution in [0.4, 0.5) is 0 Å². The number of rotatable bonds is 3. The SMILES string of the molecule is C=CCOC(C)=O.CCOC(C)=O. The molecule has 0 aromatic carbocycles. The fourth-order valence-electron chi connectivity index (χ4n) is 0.380. The van der Waals surface area contributed by atoms with Gasteiger partial charge in [0.25, 0.3) is 0 Å². The molecule has 0 heterocycles. The summed E-state index contributed by atoms with van der Waals surface area (Å²) in [6.45, 7) is 8.69. The zero-order valence-electron chi connectivity index (χ0n) is 8.33. The van der Waals surface area contributed by atoms with Gasteiger partial charge in [0.2, 0.25) is 0 Å². The maximum atomic E-state index is 9.93. The molecule has 0 atom stereocenters. The minimum absolute atomic E-state index is 0.211. The molecule has 0 fully saturated rings. The third kappa shape index (κ3) is 24.9. The van der Waals surface area contributed by atoms with Crippen molar-refractivity contribution >= 4 is 11.9 Å². The first kappa shape index (κ1) is 14.2. The lowest BCUT2D eigenvalue weighted by Crippen LogP contribution is -1.96. The number of ether oxygens (including phenoxy) is 2. The topological polar surface area (TPSA) is 52.6 Å². The molecule has 0 aromatic heterocycles. The van der Waals surface area contributed by atoms with E-state index in [2.05, 4.69) is 16.1 Å². The van der Waals surface area contributed by atoms with E-state index >= 15 is 0 Å². The summed E-state index contributed by atoms with van der Waals surface area (Å²) < 4.78 is 8.84. The van der Waals surface area contributed by atoms with Gasteiger partial charge in [-0.2, -0.15) is 0 Å². The molecule has 13 heavy (non-hydrogen) atoms. The van der Waals surface area contributed by atoms with E-state index in [0.29, 0.717) is 13.2 Å². The van der Waals surface area contributed by atoms with Gasteiger partial charge in [-0.05, 0) is 6.92 Å². The molecular formula is C9H16O4. The van der Waals surface area contributed by atoms with Gasteiger partial charge in [-0.15, -0.1) is 0 Å².